The minimum Gasteiger partial charge on any atom is -0.381 e. The molecule has 1 fully saturated rings. The molecule has 3 heteroatoms. The van der Waals surface area contributed by atoms with Gasteiger partial charge in [0, 0.05) is 44.4 Å². The SMILES string of the molecule is CCCOCCCN1CC(CC)(CC)NCC1C. The maximum atomic E-state index is 5.57. The van der Waals surface area contributed by atoms with Crippen molar-refractivity contribution in [2.24, 2.45) is 0 Å². The maximum absolute atomic E-state index is 5.57. The molecule has 0 aromatic rings. The number of hydrogen-bond acceptors (Lipinski definition) is 3. The predicted molar refractivity (Wildman–Crippen MR) is 78.1 cm³/mol. The van der Waals surface area contributed by atoms with E-state index in [0.29, 0.717) is 11.6 Å². The Bertz CT molecular complexity index is 217. The van der Waals surface area contributed by atoms with Crippen molar-refractivity contribution in [3.05, 3.63) is 0 Å². The first-order valence-corrected chi connectivity index (χ1v) is 7.74. The Morgan fingerprint density at radius 3 is 2.56 bits per heavy atom. The minimum absolute atomic E-state index is 0.344. The summed E-state index contributed by atoms with van der Waals surface area (Å²) in [6.45, 7) is 14.4. The molecule has 0 radical (unpaired) electrons. The van der Waals surface area contributed by atoms with E-state index >= 15 is 0 Å². The smallest absolute Gasteiger partial charge is 0.0478 e. The van der Waals surface area contributed by atoms with Gasteiger partial charge in [0.15, 0.2) is 0 Å². The molecule has 3 nitrogen and oxygen atoms in total. The lowest BCUT2D eigenvalue weighted by molar-refractivity contribution is 0.0645. The summed E-state index contributed by atoms with van der Waals surface area (Å²) >= 11 is 0. The molecule has 1 atom stereocenters. The van der Waals surface area contributed by atoms with Gasteiger partial charge in [0.25, 0.3) is 0 Å². The Morgan fingerprint density at radius 1 is 1.22 bits per heavy atom. The first kappa shape index (κ1) is 15.9. The van der Waals surface area contributed by atoms with Crippen LogP contribution in [-0.4, -0.2) is 49.3 Å². The number of ether oxygens (including phenoxy) is 1. The van der Waals surface area contributed by atoms with Crippen molar-refractivity contribution in [1.82, 2.24) is 10.2 Å². The second-order valence-electron chi connectivity index (χ2n) is 5.65. The Kier molecular flexibility index (Phi) is 7.20. The van der Waals surface area contributed by atoms with Crippen LogP contribution in [0.3, 0.4) is 0 Å². The van der Waals surface area contributed by atoms with Gasteiger partial charge in [-0.25, -0.2) is 0 Å². The second kappa shape index (κ2) is 8.13. The quantitative estimate of drug-likeness (QED) is 0.676. The fraction of sp³-hybridized carbons (Fsp3) is 1.00. The van der Waals surface area contributed by atoms with Crippen LogP contribution < -0.4 is 5.32 Å². The highest BCUT2D eigenvalue weighted by atomic mass is 16.5. The summed E-state index contributed by atoms with van der Waals surface area (Å²) in [7, 11) is 0. The second-order valence-corrected chi connectivity index (χ2v) is 5.65. The number of hydrogen-bond donors (Lipinski definition) is 1. The first-order chi connectivity index (χ1) is 8.67. The monoisotopic (exact) mass is 256 g/mol. The molecule has 108 valence electrons. The van der Waals surface area contributed by atoms with Crippen molar-refractivity contribution in [3.8, 4) is 0 Å². The van der Waals surface area contributed by atoms with Gasteiger partial charge < -0.3 is 10.1 Å². The van der Waals surface area contributed by atoms with Crippen LogP contribution in [-0.2, 0) is 4.74 Å². The first-order valence-electron chi connectivity index (χ1n) is 7.74. The number of rotatable bonds is 8. The van der Waals surface area contributed by atoms with Crippen molar-refractivity contribution >= 4 is 0 Å². The maximum Gasteiger partial charge on any atom is 0.0478 e. The van der Waals surface area contributed by atoms with E-state index in [1.54, 1.807) is 0 Å². The molecule has 1 aliphatic rings. The highest BCUT2D eigenvalue weighted by Gasteiger charge is 2.34. The molecule has 0 spiro atoms. The molecule has 1 heterocycles. The van der Waals surface area contributed by atoms with E-state index in [1.807, 2.05) is 0 Å². The zero-order valence-corrected chi connectivity index (χ0v) is 12.8. The van der Waals surface area contributed by atoms with Crippen LogP contribution >= 0.6 is 0 Å². The Balaban J connectivity index is 2.33. The van der Waals surface area contributed by atoms with E-state index < -0.39 is 0 Å². The Morgan fingerprint density at radius 2 is 1.94 bits per heavy atom. The van der Waals surface area contributed by atoms with E-state index in [1.165, 1.54) is 25.9 Å². The largest absolute Gasteiger partial charge is 0.381 e. The predicted octanol–water partition coefficient (Wildman–Crippen LogP) is 2.66. The average Bonchev–Trinajstić information content (AvgIpc) is 2.41. The number of piperazine rings is 1. The molecular formula is C15H32N2O. The van der Waals surface area contributed by atoms with Gasteiger partial charge in [-0.15, -0.1) is 0 Å². The van der Waals surface area contributed by atoms with Crippen LogP contribution in [0.25, 0.3) is 0 Å². The summed E-state index contributed by atoms with van der Waals surface area (Å²) in [5.74, 6) is 0. The van der Waals surface area contributed by atoms with E-state index in [4.69, 9.17) is 4.74 Å². The number of nitrogens with zero attached hydrogens (tertiary/aromatic N) is 1. The summed E-state index contributed by atoms with van der Waals surface area (Å²) in [6.07, 6.45) is 4.73. The molecule has 1 saturated heterocycles. The fourth-order valence-electron chi connectivity index (χ4n) is 2.73. The molecule has 0 aliphatic carbocycles. The molecular weight excluding hydrogens is 224 g/mol. The van der Waals surface area contributed by atoms with Crippen LogP contribution in [0.1, 0.15) is 53.4 Å². The highest BCUT2D eigenvalue weighted by Crippen LogP contribution is 2.22. The topological polar surface area (TPSA) is 24.5 Å². The zero-order chi connectivity index (χ0) is 13.4. The van der Waals surface area contributed by atoms with Gasteiger partial charge in [-0.1, -0.05) is 20.8 Å². The molecule has 0 amide bonds. The fourth-order valence-corrected chi connectivity index (χ4v) is 2.73. The van der Waals surface area contributed by atoms with E-state index in [9.17, 15) is 0 Å². The summed E-state index contributed by atoms with van der Waals surface area (Å²) in [5.41, 5.74) is 0.344. The molecule has 1 rings (SSSR count). The summed E-state index contributed by atoms with van der Waals surface area (Å²) in [6, 6.07) is 0.655. The van der Waals surface area contributed by atoms with E-state index in [-0.39, 0.29) is 0 Å². The molecule has 1 aliphatic heterocycles. The van der Waals surface area contributed by atoms with Crippen LogP contribution in [0, 0.1) is 0 Å². The van der Waals surface area contributed by atoms with Gasteiger partial charge in [0.2, 0.25) is 0 Å². The van der Waals surface area contributed by atoms with Gasteiger partial charge in [-0.05, 0) is 32.6 Å². The lowest BCUT2D eigenvalue weighted by Gasteiger charge is -2.46. The molecule has 0 aromatic carbocycles. The van der Waals surface area contributed by atoms with Crippen LogP contribution in [0.5, 0.6) is 0 Å². The summed E-state index contributed by atoms with van der Waals surface area (Å²) in [5, 5.41) is 3.75. The molecule has 1 unspecified atom stereocenters. The molecule has 18 heavy (non-hydrogen) atoms. The zero-order valence-electron chi connectivity index (χ0n) is 12.8. The van der Waals surface area contributed by atoms with Crippen LogP contribution in [0.15, 0.2) is 0 Å². The number of nitrogens with one attached hydrogen (secondary N) is 1. The third kappa shape index (κ3) is 4.52. The van der Waals surface area contributed by atoms with Gasteiger partial charge in [-0.3, -0.25) is 4.90 Å². The molecule has 1 N–H and O–H groups in total. The van der Waals surface area contributed by atoms with Crippen molar-refractivity contribution < 1.29 is 4.74 Å². The van der Waals surface area contributed by atoms with E-state index in [0.717, 1.165) is 32.6 Å². The average molecular weight is 256 g/mol. The van der Waals surface area contributed by atoms with Crippen molar-refractivity contribution in [3.63, 3.8) is 0 Å². The third-order valence-corrected chi connectivity index (χ3v) is 4.34. The third-order valence-electron chi connectivity index (χ3n) is 4.34. The van der Waals surface area contributed by atoms with Crippen molar-refractivity contribution in [2.45, 2.75) is 65.0 Å². The molecule has 0 bridgehead atoms. The van der Waals surface area contributed by atoms with Crippen molar-refractivity contribution in [1.29, 1.82) is 0 Å². The standard InChI is InChI=1S/C15H32N2O/c1-5-10-18-11-8-9-17-13-15(6-2,7-3)16-12-14(17)4/h14,16H,5-13H2,1-4H3. The van der Waals surface area contributed by atoms with Gasteiger partial charge in [-0.2, -0.15) is 0 Å². The summed E-state index contributed by atoms with van der Waals surface area (Å²) in [4.78, 5) is 2.64. The molecule has 0 saturated carbocycles. The van der Waals surface area contributed by atoms with Gasteiger partial charge in [0.1, 0.15) is 0 Å². The summed E-state index contributed by atoms with van der Waals surface area (Å²) < 4.78 is 5.57. The van der Waals surface area contributed by atoms with Gasteiger partial charge >= 0.3 is 0 Å². The van der Waals surface area contributed by atoms with Crippen molar-refractivity contribution in [2.75, 3.05) is 32.8 Å². The minimum atomic E-state index is 0.344. The molecule has 0 aromatic heterocycles. The normalized spacial score (nSPS) is 24.3. The van der Waals surface area contributed by atoms with Crippen LogP contribution in [0.4, 0.5) is 0 Å². The van der Waals surface area contributed by atoms with Crippen LogP contribution in [0.2, 0.25) is 0 Å². The lowest BCUT2D eigenvalue weighted by atomic mass is 9.88. The highest BCUT2D eigenvalue weighted by molar-refractivity contribution is 4.95. The van der Waals surface area contributed by atoms with E-state index in [2.05, 4.69) is 37.9 Å². The Hall–Kier alpha value is -0.120. The van der Waals surface area contributed by atoms with Gasteiger partial charge in [0.05, 0.1) is 0 Å². The Labute approximate surface area is 113 Å². The lowest BCUT2D eigenvalue weighted by Crippen LogP contribution is -2.63.